The molecular formula is C21H29N3O4. The lowest BCUT2D eigenvalue weighted by Crippen LogP contribution is -2.38. The minimum Gasteiger partial charge on any atom is -0.496 e. The molecule has 7 nitrogen and oxygen atoms in total. The quantitative estimate of drug-likeness (QED) is 0.555. The van der Waals surface area contributed by atoms with Gasteiger partial charge in [0.1, 0.15) is 5.75 Å². The summed E-state index contributed by atoms with van der Waals surface area (Å²) in [6.45, 7) is 1.18. The second-order valence-corrected chi connectivity index (χ2v) is 6.06. The molecule has 7 heteroatoms. The number of nitrogens with zero attached hydrogens (tertiary/aromatic N) is 2. The summed E-state index contributed by atoms with van der Waals surface area (Å²) in [5, 5.41) is 3.37. The van der Waals surface area contributed by atoms with Crippen molar-refractivity contribution in [3.8, 4) is 23.0 Å². The number of guanidine groups is 1. The highest BCUT2D eigenvalue weighted by Crippen LogP contribution is 2.39. The predicted octanol–water partition coefficient (Wildman–Crippen LogP) is 2.93. The molecule has 1 N–H and O–H groups in total. The molecule has 0 saturated heterocycles. The number of aliphatic imine (C=N–C) groups is 1. The van der Waals surface area contributed by atoms with Crippen LogP contribution in [0.25, 0.3) is 0 Å². The van der Waals surface area contributed by atoms with Crippen LogP contribution in [0, 0.1) is 0 Å². The molecule has 0 aromatic heterocycles. The average molecular weight is 387 g/mol. The van der Waals surface area contributed by atoms with E-state index < -0.39 is 0 Å². The van der Waals surface area contributed by atoms with Gasteiger partial charge in [0.15, 0.2) is 17.5 Å². The van der Waals surface area contributed by atoms with Crippen LogP contribution in [0.4, 0.5) is 0 Å². The van der Waals surface area contributed by atoms with Crippen molar-refractivity contribution in [2.24, 2.45) is 4.99 Å². The third-order valence-corrected chi connectivity index (χ3v) is 4.40. The Hall–Kier alpha value is -3.09. The van der Waals surface area contributed by atoms with Crippen molar-refractivity contribution in [3.63, 3.8) is 0 Å². The molecule has 0 unspecified atom stereocenters. The maximum atomic E-state index is 5.55. The fourth-order valence-corrected chi connectivity index (χ4v) is 3.03. The molecule has 0 amide bonds. The van der Waals surface area contributed by atoms with Gasteiger partial charge in [0.05, 0.1) is 28.4 Å². The fraction of sp³-hybridized carbons (Fsp3) is 0.381. The van der Waals surface area contributed by atoms with Crippen molar-refractivity contribution in [2.45, 2.75) is 13.1 Å². The van der Waals surface area contributed by atoms with Gasteiger partial charge in [-0.3, -0.25) is 4.99 Å². The molecule has 152 valence electrons. The first-order valence-corrected chi connectivity index (χ1v) is 8.91. The standard InChI is InChI=1S/C21H29N3O4/c1-22-21(24(2)14-16-9-7-8-10-17(16)25-3)23-13-15-11-12-18(26-4)20(28-6)19(15)27-5/h7-12H,13-14H2,1-6H3,(H,22,23). The van der Waals surface area contributed by atoms with Gasteiger partial charge in [-0.2, -0.15) is 0 Å². The highest BCUT2D eigenvalue weighted by atomic mass is 16.5. The van der Waals surface area contributed by atoms with Gasteiger partial charge in [0.25, 0.3) is 0 Å². The molecule has 0 radical (unpaired) electrons. The third-order valence-electron chi connectivity index (χ3n) is 4.40. The normalized spacial score (nSPS) is 11.0. The molecule has 2 rings (SSSR count). The zero-order valence-electron chi connectivity index (χ0n) is 17.4. The molecule has 0 heterocycles. The van der Waals surface area contributed by atoms with Gasteiger partial charge >= 0.3 is 0 Å². The minimum atomic E-state index is 0.520. The number of ether oxygens (including phenoxy) is 4. The Bertz CT molecular complexity index is 808. The van der Waals surface area contributed by atoms with Crippen molar-refractivity contribution in [3.05, 3.63) is 47.5 Å². The second-order valence-electron chi connectivity index (χ2n) is 6.06. The van der Waals surface area contributed by atoms with Crippen LogP contribution in [0.2, 0.25) is 0 Å². The molecule has 0 aliphatic heterocycles. The summed E-state index contributed by atoms with van der Waals surface area (Å²) in [6, 6.07) is 11.8. The van der Waals surface area contributed by atoms with E-state index >= 15 is 0 Å². The van der Waals surface area contributed by atoms with Crippen molar-refractivity contribution in [1.29, 1.82) is 0 Å². The summed E-state index contributed by atoms with van der Waals surface area (Å²) in [7, 11) is 10.2. The summed E-state index contributed by atoms with van der Waals surface area (Å²) < 4.78 is 21.8. The number of nitrogens with one attached hydrogen (secondary N) is 1. The molecule has 0 aliphatic rings. The van der Waals surface area contributed by atoms with E-state index in [2.05, 4.69) is 10.3 Å². The van der Waals surface area contributed by atoms with Gasteiger partial charge < -0.3 is 29.2 Å². The fourth-order valence-electron chi connectivity index (χ4n) is 3.03. The maximum Gasteiger partial charge on any atom is 0.203 e. The Morgan fingerprint density at radius 2 is 1.54 bits per heavy atom. The van der Waals surface area contributed by atoms with Gasteiger partial charge in [-0.25, -0.2) is 0 Å². The highest BCUT2D eigenvalue weighted by molar-refractivity contribution is 5.79. The Balaban J connectivity index is 2.14. The third kappa shape index (κ3) is 4.79. The number of para-hydroxylation sites is 1. The van der Waals surface area contributed by atoms with E-state index in [-0.39, 0.29) is 0 Å². The SMILES string of the molecule is CN=C(NCc1ccc(OC)c(OC)c1OC)N(C)Cc1ccccc1OC. The lowest BCUT2D eigenvalue weighted by Gasteiger charge is -2.24. The smallest absolute Gasteiger partial charge is 0.203 e. The monoisotopic (exact) mass is 387 g/mol. The van der Waals surface area contributed by atoms with Crippen LogP contribution in [0.3, 0.4) is 0 Å². The van der Waals surface area contributed by atoms with Gasteiger partial charge in [-0.15, -0.1) is 0 Å². The number of hydrogen-bond acceptors (Lipinski definition) is 5. The maximum absolute atomic E-state index is 5.55. The van der Waals surface area contributed by atoms with E-state index in [1.165, 1.54) is 0 Å². The molecule has 0 bridgehead atoms. The molecule has 2 aromatic rings. The topological polar surface area (TPSA) is 64.6 Å². The van der Waals surface area contributed by atoms with E-state index in [4.69, 9.17) is 18.9 Å². The lowest BCUT2D eigenvalue weighted by molar-refractivity contribution is 0.322. The molecule has 0 aliphatic carbocycles. The Labute approximate surface area is 166 Å². The largest absolute Gasteiger partial charge is 0.496 e. The minimum absolute atomic E-state index is 0.520. The van der Waals surface area contributed by atoms with Gasteiger partial charge in [0, 0.05) is 38.3 Å². The first kappa shape index (κ1) is 21.2. The van der Waals surface area contributed by atoms with Crippen molar-refractivity contribution in [1.82, 2.24) is 10.2 Å². The van der Waals surface area contributed by atoms with Crippen molar-refractivity contribution < 1.29 is 18.9 Å². The predicted molar refractivity (Wildman–Crippen MR) is 111 cm³/mol. The van der Waals surface area contributed by atoms with Crippen LogP contribution in [-0.4, -0.2) is 53.4 Å². The Kier molecular flexibility index (Phi) is 7.80. The molecule has 0 fully saturated rings. The zero-order chi connectivity index (χ0) is 20.5. The van der Waals surface area contributed by atoms with Crippen LogP contribution in [0.5, 0.6) is 23.0 Å². The first-order chi connectivity index (χ1) is 13.6. The van der Waals surface area contributed by atoms with Crippen LogP contribution < -0.4 is 24.3 Å². The Morgan fingerprint density at radius 3 is 2.14 bits per heavy atom. The first-order valence-electron chi connectivity index (χ1n) is 8.91. The zero-order valence-corrected chi connectivity index (χ0v) is 17.4. The van der Waals surface area contributed by atoms with Crippen molar-refractivity contribution >= 4 is 5.96 Å². The van der Waals surface area contributed by atoms with Crippen LogP contribution in [-0.2, 0) is 13.1 Å². The summed E-state index contributed by atoms with van der Waals surface area (Å²) in [5.74, 6) is 3.44. The molecule has 0 saturated carbocycles. The number of rotatable bonds is 8. The molecule has 28 heavy (non-hydrogen) atoms. The average Bonchev–Trinajstić information content (AvgIpc) is 2.73. The van der Waals surface area contributed by atoms with E-state index in [0.717, 1.165) is 22.8 Å². The molecule has 0 spiro atoms. The lowest BCUT2D eigenvalue weighted by atomic mass is 10.1. The summed E-state index contributed by atoms with van der Waals surface area (Å²) in [6.07, 6.45) is 0. The van der Waals surface area contributed by atoms with Gasteiger partial charge in [0.2, 0.25) is 5.75 Å². The van der Waals surface area contributed by atoms with E-state index in [1.54, 1.807) is 35.5 Å². The van der Waals surface area contributed by atoms with Crippen LogP contribution in [0.1, 0.15) is 11.1 Å². The molecular weight excluding hydrogens is 358 g/mol. The van der Waals surface area contributed by atoms with Crippen molar-refractivity contribution in [2.75, 3.05) is 42.5 Å². The Morgan fingerprint density at radius 1 is 0.857 bits per heavy atom. The molecule has 2 aromatic carbocycles. The van der Waals surface area contributed by atoms with Crippen LogP contribution in [0.15, 0.2) is 41.4 Å². The summed E-state index contributed by atoms with van der Waals surface area (Å²) in [5.41, 5.74) is 2.02. The highest BCUT2D eigenvalue weighted by Gasteiger charge is 2.17. The second kappa shape index (κ2) is 10.3. The van der Waals surface area contributed by atoms with Gasteiger partial charge in [-0.1, -0.05) is 18.2 Å². The number of methoxy groups -OCH3 is 4. The van der Waals surface area contributed by atoms with Crippen LogP contribution >= 0.6 is 0 Å². The molecule has 0 atom stereocenters. The summed E-state index contributed by atoms with van der Waals surface area (Å²) >= 11 is 0. The van der Waals surface area contributed by atoms with E-state index in [0.29, 0.717) is 30.3 Å². The van der Waals surface area contributed by atoms with E-state index in [9.17, 15) is 0 Å². The summed E-state index contributed by atoms with van der Waals surface area (Å²) in [4.78, 5) is 6.41. The number of hydrogen-bond donors (Lipinski definition) is 1. The van der Waals surface area contributed by atoms with E-state index in [1.807, 2.05) is 48.3 Å². The van der Waals surface area contributed by atoms with Gasteiger partial charge in [-0.05, 0) is 18.2 Å². The number of benzene rings is 2.